The van der Waals surface area contributed by atoms with E-state index in [4.69, 9.17) is 4.74 Å². The number of carbonyl (C=O) groups excluding carboxylic acids is 2. The first-order valence-electron chi connectivity index (χ1n) is 10.1. The molecule has 0 spiro atoms. The van der Waals surface area contributed by atoms with Crippen LogP contribution in [0.25, 0.3) is 0 Å². The maximum Gasteiger partial charge on any atom is 0.308 e. The molecule has 0 aliphatic rings. The Morgan fingerprint density at radius 1 is 1.18 bits per heavy atom. The van der Waals surface area contributed by atoms with Gasteiger partial charge in [-0.15, -0.1) is 0 Å². The van der Waals surface area contributed by atoms with Crippen LogP contribution in [0.3, 0.4) is 0 Å². The van der Waals surface area contributed by atoms with Crippen molar-refractivity contribution in [1.29, 1.82) is 0 Å². The standard InChI is InChI=1S/C12H24N2O3.C10H16N/c1-4-10(12(16)17-3)8-9(2)11(15)14-7-5-6-13;1-11(2,3)9-10-7-5-4-6-8-10/h9-10H,4-8,13H2,1-3H3,(H,14,15);4-8H,9H2,1-3H3/q;+1/p+1. The molecule has 0 saturated heterocycles. The van der Waals surface area contributed by atoms with Gasteiger partial charge in [0.05, 0.1) is 40.7 Å². The van der Waals surface area contributed by atoms with E-state index in [0.717, 1.165) is 24.0 Å². The molecular formula is C22H41N3O3+2. The molecule has 0 fully saturated rings. The molecule has 160 valence electrons. The van der Waals surface area contributed by atoms with Gasteiger partial charge < -0.3 is 20.3 Å². The average Bonchev–Trinajstić information content (AvgIpc) is 2.65. The van der Waals surface area contributed by atoms with Gasteiger partial charge in [0.2, 0.25) is 5.91 Å². The molecule has 0 heterocycles. The van der Waals surface area contributed by atoms with Crippen molar-refractivity contribution in [3.8, 4) is 0 Å². The van der Waals surface area contributed by atoms with Gasteiger partial charge in [0, 0.05) is 24.4 Å². The molecule has 1 rings (SSSR count). The van der Waals surface area contributed by atoms with E-state index in [0.29, 0.717) is 19.4 Å². The van der Waals surface area contributed by atoms with Crippen molar-refractivity contribution in [3.63, 3.8) is 0 Å². The van der Waals surface area contributed by atoms with Crippen LogP contribution in [0.5, 0.6) is 0 Å². The summed E-state index contributed by atoms with van der Waals surface area (Å²) < 4.78 is 5.69. The minimum Gasteiger partial charge on any atom is -0.469 e. The summed E-state index contributed by atoms with van der Waals surface area (Å²) in [6.45, 7) is 6.33. The fourth-order valence-electron chi connectivity index (χ4n) is 2.77. The van der Waals surface area contributed by atoms with E-state index in [9.17, 15) is 9.59 Å². The number of nitrogens with zero attached hydrogens (tertiary/aromatic N) is 1. The van der Waals surface area contributed by atoms with Gasteiger partial charge in [-0.05, 0) is 12.8 Å². The van der Waals surface area contributed by atoms with E-state index in [-0.39, 0.29) is 23.7 Å². The normalized spacial score (nSPS) is 13.0. The Labute approximate surface area is 171 Å². The highest BCUT2D eigenvalue weighted by atomic mass is 16.5. The third kappa shape index (κ3) is 12.5. The lowest BCUT2D eigenvalue weighted by Crippen LogP contribution is -2.51. The predicted octanol–water partition coefficient (Wildman–Crippen LogP) is 1.85. The predicted molar refractivity (Wildman–Crippen MR) is 113 cm³/mol. The number of hydrogen-bond acceptors (Lipinski definition) is 3. The Morgan fingerprint density at radius 3 is 2.25 bits per heavy atom. The van der Waals surface area contributed by atoms with Gasteiger partial charge in [-0.3, -0.25) is 9.59 Å². The van der Waals surface area contributed by atoms with Crippen LogP contribution in [-0.4, -0.2) is 57.7 Å². The third-order valence-electron chi connectivity index (χ3n) is 4.34. The molecule has 0 aliphatic heterocycles. The second-order valence-corrected chi connectivity index (χ2v) is 8.20. The summed E-state index contributed by atoms with van der Waals surface area (Å²) in [5.74, 6) is -0.580. The number of carbonyl (C=O) groups is 2. The Balaban J connectivity index is 0.000000567. The second-order valence-electron chi connectivity index (χ2n) is 8.20. The molecule has 0 aromatic heterocycles. The van der Waals surface area contributed by atoms with E-state index >= 15 is 0 Å². The van der Waals surface area contributed by atoms with E-state index in [1.54, 1.807) is 0 Å². The van der Waals surface area contributed by atoms with Crippen molar-refractivity contribution in [3.05, 3.63) is 35.9 Å². The molecule has 2 atom stereocenters. The molecule has 4 N–H and O–H groups in total. The van der Waals surface area contributed by atoms with Gasteiger partial charge >= 0.3 is 5.97 Å². The Morgan fingerprint density at radius 2 is 1.79 bits per heavy atom. The molecule has 1 aromatic carbocycles. The molecule has 1 aromatic rings. The number of methoxy groups -OCH3 is 1. The van der Waals surface area contributed by atoms with Crippen LogP contribution in [0.2, 0.25) is 0 Å². The summed E-state index contributed by atoms with van der Waals surface area (Å²) in [6, 6.07) is 10.6. The average molecular weight is 396 g/mol. The largest absolute Gasteiger partial charge is 0.469 e. The molecule has 6 heteroatoms. The molecule has 28 heavy (non-hydrogen) atoms. The molecule has 0 bridgehead atoms. The lowest BCUT2D eigenvalue weighted by molar-refractivity contribution is -0.884. The van der Waals surface area contributed by atoms with Crippen LogP contribution in [0, 0.1) is 11.8 Å². The lowest BCUT2D eigenvalue weighted by Gasteiger charge is -2.23. The van der Waals surface area contributed by atoms with Crippen LogP contribution in [0.15, 0.2) is 30.3 Å². The number of ether oxygens (including phenoxy) is 1. The fourth-order valence-corrected chi connectivity index (χ4v) is 2.77. The first-order valence-corrected chi connectivity index (χ1v) is 10.1. The van der Waals surface area contributed by atoms with Crippen LogP contribution < -0.4 is 11.1 Å². The SMILES string of the molecule is CCC(CC(C)C(=O)NCCC[NH3+])C(=O)OC.C[N+](C)(C)Cc1ccccc1. The van der Waals surface area contributed by atoms with E-state index < -0.39 is 0 Å². The molecule has 0 radical (unpaired) electrons. The smallest absolute Gasteiger partial charge is 0.308 e. The highest BCUT2D eigenvalue weighted by Gasteiger charge is 2.23. The number of nitrogens with one attached hydrogen (secondary N) is 1. The topological polar surface area (TPSA) is 83.0 Å². The van der Waals surface area contributed by atoms with Gasteiger partial charge in [-0.25, -0.2) is 0 Å². The van der Waals surface area contributed by atoms with Crippen molar-refractivity contribution in [2.75, 3.05) is 41.3 Å². The van der Waals surface area contributed by atoms with E-state index in [2.05, 4.69) is 62.5 Å². The number of amides is 1. The number of esters is 1. The molecule has 0 aliphatic carbocycles. The molecule has 0 saturated carbocycles. The molecule has 6 nitrogen and oxygen atoms in total. The molecule has 2 unspecified atom stereocenters. The summed E-state index contributed by atoms with van der Waals surface area (Å²) in [5, 5.41) is 2.84. The quantitative estimate of drug-likeness (QED) is 0.360. The Hall–Kier alpha value is -1.92. The highest BCUT2D eigenvalue weighted by Crippen LogP contribution is 2.17. The highest BCUT2D eigenvalue weighted by molar-refractivity contribution is 5.79. The van der Waals surface area contributed by atoms with Crippen LogP contribution in [0.1, 0.15) is 38.7 Å². The van der Waals surface area contributed by atoms with Gasteiger partial charge in [0.1, 0.15) is 6.54 Å². The van der Waals surface area contributed by atoms with Gasteiger partial charge in [-0.2, -0.15) is 0 Å². The lowest BCUT2D eigenvalue weighted by atomic mass is 9.93. The van der Waals surface area contributed by atoms with Gasteiger partial charge in [0.25, 0.3) is 0 Å². The zero-order chi connectivity index (χ0) is 21.6. The Kier molecular flexibility index (Phi) is 13.2. The maximum atomic E-state index is 11.7. The van der Waals surface area contributed by atoms with Gasteiger partial charge in [0.15, 0.2) is 0 Å². The number of benzene rings is 1. The van der Waals surface area contributed by atoms with Crippen molar-refractivity contribution in [2.24, 2.45) is 11.8 Å². The maximum absolute atomic E-state index is 11.7. The molecular weight excluding hydrogens is 354 g/mol. The number of hydrogen-bond donors (Lipinski definition) is 2. The third-order valence-corrected chi connectivity index (χ3v) is 4.34. The number of rotatable bonds is 10. The minimum absolute atomic E-state index is 0.000744. The van der Waals surface area contributed by atoms with Crippen LogP contribution in [0.4, 0.5) is 0 Å². The monoisotopic (exact) mass is 395 g/mol. The van der Waals surface area contributed by atoms with Crippen molar-refractivity contribution < 1.29 is 24.5 Å². The second kappa shape index (κ2) is 14.1. The Bertz CT molecular complexity index is 556. The van der Waals surface area contributed by atoms with Crippen molar-refractivity contribution in [1.82, 2.24) is 5.32 Å². The van der Waals surface area contributed by atoms with Gasteiger partial charge in [-0.1, -0.05) is 44.2 Å². The summed E-state index contributed by atoms with van der Waals surface area (Å²) >= 11 is 0. The first-order chi connectivity index (χ1) is 13.1. The first kappa shape index (κ1) is 26.1. The van der Waals surface area contributed by atoms with Crippen molar-refractivity contribution >= 4 is 11.9 Å². The van der Waals surface area contributed by atoms with Crippen LogP contribution >= 0.6 is 0 Å². The van der Waals surface area contributed by atoms with Crippen LogP contribution in [-0.2, 0) is 20.9 Å². The fraction of sp³-hybridized carbons (Fsp3) is 0.636. The van der Waals surface area contributed by atoms with Crippen molar-refractivity contribution in [2.45, 2.75) is 39.7 Å². The summed E-state index contributed by atoms with van der Waals surface area (Å²) in [5.41, 5.74) is 5.11. The van der Waals surface area contributed by atoms with E-state index in [1.807, 2.05) is 13.8 Å². The number of quaternary nitrogens is 2. The zero-order valence-corrected chi connectivity index (χ0v) is 18.7. The zero-order valence-electron chi connectivity index (χ0n) is 18.7. The summed E-state index contributed by atoms with van der Waals surface area (Å²) in [6.07, 6.45) is 2.12. The molecule has 1 amide bonds. The summed E-state index contributed by atoms with van der Waals surface area (Å²) in [4.78, 5) is 23.1. The van der Waals surface area contributed by atoms with E-state index in [1.165, 1.54) is 12.7 Å². The minimum atomic E-state index is -0.232. The summed E-state index contributed by atoms with van der Waals surface area (Å²) in [7, 11) is 7.98.